The number of rotatable bonds is 10. The average molecular weight is 886 g/mol. The van der Waals surface area contributed by atoms with Crippen LogP contribution >= 0.6 is 11.6 Å². The normalized spacial score (nSPS) is 10.8. The van der Waals surface area contributed by atoms with Gasteiger partial charge in [0, 0.05) is 46.1 Å². The van der Waals surface area contributed by atoms with E-state index in [1.54, 1.807) is 57.5 Å². The number of hydrogen-bond donors (Lipinski definition) is 1. The number of ether oxygens (including phenoxy) is 2. The highest BCUT2D eigenvalue weighted by Crippen LogP contribution is 2.30. The molecule has 4 aromatic heterocycles. The molecule has 324 valence electrons. The molecule has 0 fully saturated rings. The van der Waals surface area contributed by atoms with Crippen LogP contribution in [0.5, 0.6) is 11.5 Å². The van der Waals surface area contributed by atoms with E-state index in [1.165, 1.54) is 18.5 Å². The van der Waals surface area contributed by atoms with E-state index in [0.29, 0.717) is 41.5 Å². The summed E-state index contributed by atoms with van der Waals surface area (Å²) in [5.41, 5.74) is 16.4. The molecule has 11 nitrogen and oxygen atoms in total. The molecule has 0 radical (unpaired) electrons. The maximum absolute atomic E-state index is 14.6. The summed E-state index contributed by atoms with van der Waals surface area (Å²) in [7, 11) is 3.27. The highest BCUT2D eigenvalue weighted by molar-refractivity contribution is 6.29. The molecular formula is C51H42ClF2N9O2. The number of aromatic nitrogens is 8. The van der Waals surface area contributed by atoms with Crippen LogP contribution in [0.2, 0.25) is 5.15 Å². The zero-order valence-corrected chi connectivity index (χ0v) is 36.1. The second-order valence-electron chi connectivity index (χ2n) is 14.7. The number of para-hydroxylation sites is 6. The van der Waals surface area contributed by atoms with Crippen molar-refractivity contribution in [2.75, 3.05) is 20.0 Å². The SMILES string of the molecule is COc1ccccc1-c1cc(Cc2ccc(F)c(Cn3cnc4ccccc43)c2)ncn1.COc1ccccc1-c1cc(Cl)ncn1.Nc1ccc(F)c(Cn2cnc3ccccc32)c1. The van der Waals surface area contributed by atoms with Gasteiger partial charge in [-0.2, -0.15) is 0 Å². The van der Waals surface area contributed by atoms with E-state index < -0.39 is 0 Å². The summed E-state index contributed by atoms with van der Waals surface area (Å²) in [6.45, 7) is 0.841. The second-order valence-corrected chi connectivity index (χ2v) is 15.1. The highest BCUT2D eigenvalue weighted by atomic mass is 35.5. The quantitative estimate of drug-likeness (QED) is 0.105. The maximum atomic E-state index is 14.6. The Morgan fingerprint density at radius 2 is 1.05 bits per heavy atom. The van der Waals surface area contributed by atoms with Gasteiger partial charge in [-0.25, -0.2) is 38.7 Å². The third-order valence-electron chi connectivity index (χ3n) is 10.4. The van der Waals surface area contributed by atoms with Gasteiger partial charge in [0.25, 0.3) is 0 Å². The Labute approximate surface area is 378 Å². The fraction of sp³-hybridized carbons (Fsp3) is 0.0980. The Morgan fingerprint density at radius 1 is 0.538 bits per heavy atom. The Hall–Kier alpha value is -8.03. The molecule has 0 spiro atoms. The summed E-state index contributed by atoms with van der Waals surface area (Å²) < 4.78 is 42.8. The molecule has 0 atom stereocenters. The topological polar surface area (TPSA) is 132 Å². The van der Waals surface area contributed by atoms with Crippen molar-refractivity contribution in [3.8, 4) is 34.0 Å². The van der Waals surface area contributed by atoms with Crippen LogP contribution in [0.25, 0.3) is 44.6 Å². The zero-order chi connectivity index (χ0) is 45.1. The predicted molar refractivity (Wildman–Crippen MR) is 251 cm³/mol. The predicted octanol–water partition coefficient (Wildman–Crippen LogP) is 10.9. The number of halogens is 3. The van der Waals surface area contributed by atoms with Crippen LogP contribution in [0, 0.1) is 11.6 Å². The van der Waals surface area contributed by atoms with Crippen LogP contribution in [0.15, 0.2) is 171 Å². The van der Waals surface area contributed by atoms with Crippen molar-refractivity contribution in [2.45, 2.75) is 19.5 Å². The van der Waals surface area contributed by atoms with E-state index in [4.69, 9.17) is 26.8 Å². The summed E-state index contributed by atoms with van der Waals surface area (Å²) in [4.78, 5) is 25.5. The summed E-state index contributed by atoms with van der Waals surface area (Å²) in [5, 5.41) is 0.422. The number of imidazole rings is 2. The largest absolute Gasteiger partial charge is 0.496 e. The van der Waals surface area contributed by atoms with E-state index >= 15 is 0 Å². The van der Waals surface area contributed by atoms with Gasteiger partial charge < -0.3 is 24.3 Å². The summed E-state index contributed by atoms with van der Waals surface area (Å²) in [6.07, 6.45) is 7.03. The van der Waals surface area contributed by atoms with Crippen LogP contribution in [-0.4, -0.2) is 53.3 Å². The van der Waals surface area contributed by atoms with Gasteiger partial charge in [-0.3, -0.25) is 0 Å². The first-order chi connectivity index (χ1) is 31.8. The van der Waals surface area contributed by atoms with Crippen LogP contribution in [0.4, 0.5) is 14.5 Å². The number of methoxy groups -OCH3 is 2. The van der Waals surface area contributed by atoms with Crippen molar-refractivity contribution in [3.63, 3.8) is 0 Å². The lowest BCUT2D eigenvalue weighted by atomic mass is 10.0. The first-order valence-corrected chi connectivity index (χ1v) is 20.8. The molecule has 14 heteroatoms. The molecular weight excluding hydrogens is 844 g/mol. The minimum Gasteiger partial charge on any atom is -0.496 e. The summed E-state index contributed by atoms with van der Waals surface area (Å²) in [5.74, 6) is 1.05. The van der Waals surface area contributed by atoms with Gasteiger partial charge in [-0.1, -0.05) is 72.3 Å². The Balaban J connectivity index is 0.000000147. The lowest BCUT2D eigenvalue weighted by Gasteiger charge is -2.10. The monoisotopic (exact) mass is 885 g/mol. The van der Waals surface area contributed by atoms with E-state index in [2.05, 4.69) is 29.9 Å². The molecule has 65 heavy (non-hydrogen) atoms. The molecule has 2 N–H and O–H groups in total. The second kappa shape index (κ2) is 20.4. The van der Waals surface area contributed by atoms with E-state index in [0.717, 1.165) is 67.3 Å². The van der Waals surface area contributed by atoms with E-state index in [9.17, 15) is 8.78 Å². The van der Waals surface area contributed by atoms with Gasteiger partial charge in [0.1, 0.15) is 40.9 Å². The van der Waals surface area contributed by atoms with Gasteiger partial charge in [0.05, 0.1) is 73.4 Å². The molecule has 4 heterocycles. The van der Waals surface area contributed by atoms with Crippen molar-refractivity contribution >= 4 is 39.4 Å². The molecule has 10 rings (SSSR count). The van der Waals surface area contributed by atoms with Crippen molar-refractivity contribution < 1.29 is 18.3 Å². The molecule has 0 amide bonds. The van der Waals surface area contributed by atoms with Gasteiger partial charge in [-0.05, 0) is 84.4 Å². The molecule has 6 aromatic carbocycles. The Kier molecular flexibility index (Phi) is 13.7. The number of hydrogen-bond acceptors (Lipinski definition) is 9. The van der Waals surface area contributed by atoms with Crippen molar-refractivity contribution in [3.05, 3.63) is 210 Å². The standard InChI is InChI=1S/C26H21FN4O.C14H12FN3.C11H9ClN2O/c1-32-26-9-5-2-6-21(26)24-14-20(28-16-29-24)13-18-10-11-22(27)19(12-18)15-31-17-30-23-7-3-4-8-25(23)31;15-12-6-5-11(16)7-10(12)8-18-9-17-13-3-1-2-4-14(13)18;1-15-10-5-3-2-4-8(10)9-6-11(12)14-7-13-9/h2-12,14,16-17H,13,15H2,1H3;1-7,9H,8,16H2;2-7H,1H3. The molecule has 0 unspecified atom stereocenters. The Morgan fingerprint density at radius 3 is 1.63 bits per heavy atom. The smallest absolute Gasteiger partial charge is 0.133 e. The number of fused-ring (bicyclic) bond motifs is 2. The number of nitrogens with two attached hydrogens (primary N) is 1. The lowest BCUT2D eigenvalue weighted by Crippen LogP contribution is -2.03. The number of anilines is 1. The van der Waals surface area contributed by atoms with Crippen LogP contribution in [0.3, 0.4) is 0 Å². The average Bonchev–Trinajstić information content (AvgIpc) is 3.95. The highest BCUT2D eigenvalue weighted by Gasteiger charge is 2.12. The molecule has 10 aromatic rings. The number of nitrogen functional groups attached to an aromatic ring is 1. The van der Waals surface area contributed by atoms with Gasteiger partial charge in [0.2, 0.25) is 0 Å². The van der Waals surface area contributed by atoms with Crippen molar-refractivity contribution in [1.29, 1.82) is 0 Å². The summed E-state index contributed by atoms with van der Waals surface area (Å²) >= 11 is 5.80. The van der Waals surface area contributed by atoms with Gasteiger partial charge in [-0.15, -0.1) is 0 Å². The van der Waals surface area contributed by atoms with Crippen LogP contribution < -0.4 is 15.2 Å². The fourth-order valence-electron chi connectivity index (χ4n) is 7.26. The molecule has 0 aliphatic heterocycles. The Bertz CT molecular complexity index is 3210. The molecule has 0 bridgehead atoms. The van der Waals surface area contributed by atoms with E-state index in [1.807, 2.05) is 118 Å². The number of benzene rings is 6. The lowest BCUT2D eigenvalue weighted by molar-refractivity contribution is 0.416. The fourth-order valence-corrected chi connectivity index (χ4v) is 7.41. The zero-order valence-electron chi connectivity index (χ0n) is 35.4. The van der Waals surface area contributed by atoms with Gasteiger partial charge >= 0.3 is 0 Å². The van der Waals surface area contributed by atoms with Crippen LogP contribution in [0.1, 0.15) is 22.4 Å². The van der Waals surface area contributed by atoms with E-state index in [-0.39, 0.29) is 11.6 Å². The van der Waals surface area contributed by atoms with Gasteiger partial charge in [0.15, 0.2) is 0 Å². The van der Waals surface area contributed by atoms with Crippen molar-refractivity contribution in [2.24, 2.45) is 0 Å². The molecule has 0 aliphatic rings. The van der Waals surface area contributed by atoms with Crippen molar-refractivity contribution in [1.82, 2.24) is 39.0 Å². The molecule has 0 aliphatic carbocycles. The third kappa shape index (κ3) is 10.6. The molecule has 0 saturated heterocycles. The first kappa shape index (κ1) is 43.6. The van der Waals surface area contributed by atoms with Crippen LogP contribution in [-0.2, 0) is 19.5 Å². The number of nitrogens with zero attached hydrogens (tertiary/aromatic N) is 8. The minimum absolute atomic E-state index is 0.232. The molecule has 0 saturated carbocycles. The maximum Gasteiger partial charge on any atom is 0.133 e. The minimum atomic E-state index is -0.248. The first-order valence-electron chi connectivity index (χ1n) is 20.4. The third-order valence-corrected chi connectivity index (χ3v) is 10.6. The summed E-state index contributed by atoms with van der Waals surface area (Å²) in [6, 6.07) is 44.5.